The van der Waals surface area contributed by atoms with E-state index >= 15 is 0 Å². The van der Waals surface area contributed by atoms with Gasteiger partial charge in [0.2, 0.25) is 11.8 Å². The summed E-state index contributed by atoms with van der Waals surface area (Å²) < 4.78 is 9.71. The molecule has 0 bridgehead atoms. The molecule has 0 aliphatic carbocycles. The molecule has 0 spiro atoms. The zero-order valence-electron chi connectivity index (χ0n) is 18.9. The molecule has 1 atom stereocenters. The van der Waals surface area contributed by atoms with Gasteiger partial charge in [0.15, 0.2) is 16.3 Å². The van der Waals surface area contributed by atoms with Crippen molar-refractivity contribution in [3.05, 3.63) is 0 Å². The van der Waals surface area contributed by atoms with Gasteiger partial charge in [0.25, 0.3) is 5.91 Å². The minimum atomic E-state index is -0.993. The van der Waals surface area contributed by atoms with E-state index < -0.39 is 29.7 Å². The highest BCUT2D eigenvalue weighted by Crippen LogP contribution is 2.10. The molecule has 11 nitrogen and oxygen atoms in total. The predicted molar refractivity (Wildman–Crippen MR) is 121 cm³/mol. The number of amides is 3. The van der Waals surface area contributed by atoms with Crippen molar-refractivity contribution in [1.29, 1.82) is 0 Å². The molecule has 32 heavy (non-hydrogen) atoms. The van der Waals surface area contributed by atoms with Gasteiger partial charge in [-0.05, 0) is 38.3 Å². The van der Waals surface area contributed by atoms with Crippen molar-refractivity contribution in [2.75, 3.05) is 45.9 Å². The Morgan fingerprint density at radius 3 is 2.31 bits per heavy atom. The lowest BCUT2D eigenvalue weighted by Gasteiger charge is -2.27. The molecule has 1 rings (SSSR count). The van der Waals surface area contributed by atoms with E-state index in [0.29, 0.717) is 6.61 Å². The summed E-state index contributed by atoms with van der Waals surface area (Å²) >= 11 is 2.53. The van der Waals surface area contributed by atoms with Gasteiger partial charge in [-0.2, -0.15) is 0 Å². The normalized spacial score (nSPS) is 15.5. The van der Waals surface area contributed by atoms with Crippen LogP contribution >= 0.6 is 16.3 Å². The Morgan fingerprint density at radius 1 is 1.06 bits per heavy atom. The van der Waals surface area contributed by atoms with Gasteiger partial charge in [0, 0.05) is 6.54 Å². The van der Waals surface area contributed by atoms with Crippen molar-refractivity contribution >= 4 is 39.9 Å². The molecule has 0 radical (unpaired) electrons. The third kappa shape index (κ3) is 11.7. The van der Waals surface area contributed by atoms with Gasteiger partial charge in [-0.3, -0.25) is 19.4 Å². The third-order valence-corrected chi connectivity index (χ3v) is 5.40. The molecule has 1 fully saturated rings. The van der Waals surface area contributed by atoms with E-state index in [2.05, 4.69) is 35.6 Å². The maximum absolute atomic E-state index is 12.4. The molecule has 184 valence electrons. The number of ether oxygens (including phenoxy) is 1. The van der Waals surface area contributed by atoms with Crippen molar-refractivity contribution in [3.63, 3.8) is 0 Å². The molecule has 1 heterocycles. The summed E-state index contributed by atoms with van der Waals surface area (Å²) in [5.41, 5.74) is 0. The summed E-state index contributed by atoms with van der Waals surface area (Å²) in [5, 5.41) is 5.62. The summed E-state index contributed by atoms with van der Waals surface area (Å²) in [7, 11) is 0. The molecule has 0 aromatic rings. The van der Waals surface area contributed by atoms with Crippen LogP contribution in [-0.4, -0.2) is 85.6 Å². The zero-order valence-corrected chi connectivity index (χ0v) is 20.5. The number of nitrogens with zero attached hydrogens (tertiary/aromatic N) is 2. The number of carbonyl (C=O) groups is 4. The quantitative estimate of drug-likeness (QED) is 0.134. The number of halogens is 1. The van der Waals surface area contributed by atoms with Gasteiger partial charge in [0.05, 0.1) is 13.2 Å². The summed E-state index contributed by atoms with van der Waals surface area (Å²) in [6, 6.07) is -0.993. The third-order valence-electron chi connectivity index (χ3n) is 5.03. The minimum Gasteiger partial charge on any atom is -0.382 e. The van der Waals surface area contributed by atoms with Crippen LogP contribution in [0.25, 0.3) is 0 Å². The standard InChI is InChI=1S/C20H36BrN5O6/c1-15(2)11-16(20(30)24-13-19(29)32-21)26(22)18(28)12-23-17(27)14-31-10-9-25-7-5-3-4-6-8-25/h15-16H,3-14,22H2,1-2H3,(H,23,27)(H,24,30)/t16-/m0/s1. The average Bonchev–Trinajstić information content (AvgIpc) is 3.05. The topological polar surface area (TPSA) is 143 Å². The second kappa shape index (κ2) is 15.9. The van der Waals surface area contributed by atoms with Crippen LogP contribution in [0.2, 0.25) is 0 Å². The van der Waals surface area contributed by atoms with Crippen LogP contribution in [0.15, 0.2) is 0 Å². The lowest BCUT2D eigenvalue weighted by molar-refractivity contribution is -0.142. The maximum atomic E-state index is 12.4. The SMILES string of the molecule is CC(C)C[C@@H](C(=O)NCC(=O)OBr)N(N)C(=O)CNC(=O)COCCN1CCCCCC1. The van der Waals surface area contributed by atoms with E-state index in [1.165, 1.54) is 25.7 Å². The Labute approximate surface area is 198 Å². The van der Waals surface area contributed by atoms with Gasteiger partial charge in [-0.1, -0.05) is 26.7 Å². The number of nitrogens with one attached hydrogen (secondary N) is 2. The van der Waals surface area contributed by atoms with Crippen LogP contribution in [-0.2, 0) is 27.7 Å². The van der Waals surface area contributed by atoms with Gasteiger partial charge in [-0.15, -0.1) is 0 Å². The first-order valence-electron chi connectivity index (χ1n) is 11.0. The highest BCUT2D eigenvalue weighted by atomic mass is 79.9. The Bertz CT molecular complexity index is 613. The minimum absolute atomic E-state index is 0.0555. The molecule has 3 amide bonds. The molecule has 1 aliphatic rings. The molecule has 0 saturated carbocycles. The number of likely N-dealkylation sites (tertiary alicyclic amines) is 1. The first-order chi connectivity index (χ1) is 15.2. The number of carbonyl (C=O) groups excluding carboxylic acids is 4. The van der Waals surface area contributed by atoms with E-state index in [-0.39, 0.29) is 32.0 Å². The molecule has 1 saturated heterocycles. The van der Waals surface area contributed by atoms with E-state index in [1.807, 2.05) is 13.8 Å². The van der Waals surface area contributed by atoms with E-state index in [9.17, 15) is 19.2 Å². The Balaban J connectivity index is 2.38. The van der Waals surface area contributed by atoms with Crippen LogP contribution < -0.4 is 16.5 Å². The van der Waals surface area contributed by atoms with Gasteiger partial charge < -0.3 is 24.1 Å². The Kier molecular flexibility index (Phi) is 14.1. The second-order valence-corrected chi connectivity index (χ2v) is 8.52. The lowest BCUT2D eigenvalue weighted by Crippen LogP contribution is -2.56. The van der Waals surface area contributed by atoms with Crippen molar-refractivity contribution in [2.24, 2.45) is 11.8 Å². The number of rotatable bonds is 13. The number of hydrogen-bond acceptors (Lipinski definition) is 8. The lowest BCUT2D eigenvalue weighted by atomic mass is 10.0. The molecule has 12 heteroatoms. The van der Waals surface area contributed by atoms with Crippen LogP contribution in [0, 0.1) is 5.92 Å². The van der Waals surface area contributed by atoms with Gasteiger partial charge >= 0.3 is 5.97 Å². The average molecular weight is 522 g/mol. The largest absolute Gasteiger partial charge is 0.382 e. The summed E-state index contributed by atoms with van der Waals surface area (Å²) in [6.45, 7) is 6.18. The molecular weight excluding hydrogens is 486 g/mol. The number of hydrazine groups is 1. The van der Waals surface area contributed by atoms with E-state index in [0.717, 1.165) is 24.6 Å². The van der Waals surface area contributed by atoms with E-state index in [1.54, 1.807) is 0 Å². The van der Waals surface area contributed by atoms with E-state index in [4.69, 9.17) is 10.6 Å². The summed E-state index contributed by atoms with van der Waals surface area (Å²) in [4.78, 5) is 50.3. The van der Waals surface area contributed by atoms with Crippen molar-refractivity contribution < 1.29 is 27.7 Å². The Hall–Kier alpha value is -1.76. The first kappa shape index (κ1) is 28.3. The maximum Gasteiger partial charge on any atom is 0.336 e. The van der Waals surface area contributed by atoms with Gasteiger partial charge in [-0.25, -0.2) is 10.6 Å². The van der Waals surface area contributed by atoms with Crippen LogP contribution in [0.5, 0.6) is 0 Å². The monoisotopic (exact) mass is 521 g/mol. The van der Waals surface area contributed by atoms with Crippen molar-refractivity contribution in [3.8, 4) is 0 Å². The highest BCUT2D eigenvalue weighted by Gasteiger charge is 2.29. The second-order valence-electron chi connectivity index (χ2n) is 8.20. The molecule has 0 aromatic carbocycles. The molecule has 0 aromatic heterocycles. The zero-order chi connectivity index (χ0) is 23.9. The smallest absolute Gasteiger partial charge is 0.336 e. The number of nitrogens with two attached hydrogens (primary N) is 1. The highest BCUT2D eigenvalue weighted by molar-refractivity contribution is 9.06. The fourth-order valence-electron chi connectivity index (χ4n) is 3.31. The van der Waals surface area contributed by atoms with Gasteiger partial charge in [0.1, 0.15) is 19.2 Å². The van der Waals surface area contributed by atoms with Crippen LogP contribution in [0.3, 0.4) is 0 Å². The molecule has 1 aliphatic heterocycles. The van der Waals surface area contributed by atoms with Crippen LogP contribution in [0.1, 0.15) is 46.0 Å². The summed E-state index contributed by atoms with van der Waals surface area (Å²) in [6.07, 6.45) is 5.18. The fraction of sp³-hybridized carbons (Fsp3) is 0.800. The van der Waals surface area contributed by atoms with Crippen LogP contribution in [0.4, 0.5) is 0 Å². The molecular formula is C20H36BrN5O6. The Morgan fingerprint density at radius 2 is 1.72 bits per heavy atom. The molecule has 4 N–H and O–H groups in total. The predicted octanol–water partition coefficient (Wildman–Crippen LogP) is 0.0815. The molecule has 0 unspecified atom stereocenters. The summed E-state index contributed by atoms with van der Waals surface area (Å²) in [5.74, 6) is 3.57. The number of hydrogen-bond donors (Lipinski definition) is 3. The van der Waals surface area contributed by atoms with Crippen molar-refractivity contribution in [1.82, 2.24) is 20.5 Å². The first-order valence-corrected chi connectivity index (χ1v) is 11.6. The fourth-order valence-corrected chi connectivity index (χ4v) is 3.42. The van der Waals surface area contributed by atoms with Crippen molar-refractivity contribution in [2.45, 2.75) is 52.0 Å².